The van der Waals surface area contributed by atoms with Gasteiger partial charge in [-0.2, -0.15) is 0 Å². The minimum atomic E-state index is -4.06. The summed E-state index contributed by atoms with van der Waals surface area (Å²) in [6.07, 6.45) is 0. The highest BCUT2D eigenvalue weighted by molar-refractivity contribution is 7.93. The number of nitrogens with zero attached hydrogens (tertiary/aromatic N) is 1. The van der Waals surface area contributed by atoms with Crippen LogP contribution in [0.1, 0.15) is 17.3 Å². The number of hydrogen-bond donors (Lipinski definition) is 1. The summed E-state index contributed by atoms with van der Waals surface area (Å²) in [6.45, 7) is 1.64. The van der Waals surface area contributed by atoms with Gasteiger partial charge in [-0.25, -0.2) is 13.2 Å². The summed E-state index contributed by atoms with van der Waals surface area (Å²) in [4.78, 5) is 11.2. The minimum absolute atomic E-state index is 0.0145. The monoisotopic (exact) mass is 373 g/mol. The van der Waals surface area contributed by atoms with Crippen LogP contribution < -0.4 is 4.31 Å². The van der Waals surface area contributed by atoms with Crippen molar-refractivity contribution in [3.63, 3.8) is 0 Å². The Kier molecular flexibility index (Phi) is 5.19. The van der Waals surface area contributed by atoms with Gasteiger partial charge in [0.25, 0.3) is 10.0 Å². The van der Waals surface area contributed by atoms with Gasteiger partial charge < -0.3 is 5.11 Å². The summed E-state index contributed by atoms with van der Waals surface area (Å²) in [5.41, 5.74) is -0.0467. The van der Waals surface area contributed by atoms with Gasteiger partial charge in [-0.15, -0.1) is 0 Å². The van der Waals surface area contributed by atoms with E-state index in [-0.39, 0.29) is 32.7 Å². The SMILES string of the molecule is CCN(c1ccccc1C(=O)O)S(=O)(=O)c1cc(Cl)ccc1Cl. The van der Waals surface area contributed by atoms with Crippen LogP contribution in [0, 0.1) is 0 Å². The van der Waals surface area contributed by atoms with E-state index in [0.717, 1.165) is 4.31 Å². The maximum absolute atomic E-state index is 12.9. The normalized spacial score (nSPS) is 11.3. The Labute approximate surface area is 144 Å². The maximum Gasteiger partial charge on any atom is 0.337 e. The molecule has 0 aliphatic heterocycles. The molecule has 2 aromatic carbocycles. The van der Waals surface area contributed by atoms with Gasteiger partial charge in [0.1, 0.15) is 4.90 Å². The number of rotatable bonds is 5. The first-order valence-corrected chi connectivity index (χ1v) is 8.78. The second-order valence-electron chi connectivity index (χ2n) is 4.57. The quantitative estimate of drug-likeness (QED) is 0.861. The lowest BCUT2D eigenvalue weighted by atomic mass is 10.2. The Morgan fingerprint density at radius 2 is 1.83 bits per heavy atom. The number of aromatic carboxylic acids is 1. The Morgan fingerprint density at radius 1 is 1.17 bits per heavy atom. The Hall–Kier alpha value is -1.76. The molecule has 1 N–H and O–H groups in total. The molecule has 0 saturated carbocycles. The number of carboxylic acids is 1. The van der Waals surface area contributed by atoms with Crippen LogP contribution in [0.5, 0.6) is 0 Å². The van der Waals surface area contributed by atoms with Crippen LogP contribution in [0.4, 0.5) is 5.69 Å². The zero-order chi connectivity index (χ0) is 17.2. The average molecular weight is 374 g/mol. The van der Waals surface area contributed by atoms with Crippen LogP contribution in [0.25, 0.3) is 0 Å². The van der Waals surface area contributed by atoms with Crippen molar-refractivity contribution in [1.82, 2.24) is 0 Å². The first-order chi connectivity index (χ1) is 10.8. The van der Waals surface area contributed by atoms with Gasteiger partial charge in [0, 0.05) is 11.6 Å². The highest BCUT2D eigenvalue weighted by Crippen LogP contribution is 2.32. The molecule has 0 spiro atoms. The molecule has 23 heavy (non-hydrogen) atoms. The van der Waals surface area contributed by atoms with Crippen molar-refractivity contribution in [2.24, 2.45) is 0 Å². The van der Waals surface area contributed by atoms with E-state index in [0.29, 0.717) is 0 Å². The Balaban J connectivity index is 2.66. The molecule has 122 valence electrons. The molecule has 0 bridgehead atoms. The molecule has 0 aromatic heterocycles. The van der Waals surface area contributed by atoms with E-state index in [1.807, 2.05) is 0 Å². The summed E-state index contributed by atoms with van der Waals surface area (Å²) in [7, 11) is -4.06. The summed E-state index contributed by atoms with van der Waals surface area (Å²) in [5.74, 6) is -1.22. The Bertz CT molecular complexity index is 852. The van der Waals surface area contributed by atoms with Crippen molar-refractivity contribution in [2.45, 2.75) is 11.8 Å². The number of halogens is 2. The fourth-order valence-corrected chi connectivity index (χ4v) is 4.37. The number of hydrogen-bond acceptors (Lipinski definition) is 3. The molecule has 5 nitrogen and oxygen atoms in total. The van der Waals surface area contributed by atoms with E-state index in [1.54, 1.807) is 13.0 Å². The molecule has 2 aromatic rings. The fourth-order valence-electron chi connectivity index (χ4n) is 2.14. The molecule has 0 saturated heterocycles. The molecule has 0 fully saturated rings. The highest BCUT2D eigenvalue weighted by atomic mass is 35.5. The fraction of sp³-hybridized carbons (Fsp3) is 0.133. The molecule has 8 heteroatoms. The highest BCUT2D eigenvalue weighted by Gasteiger charge is 2.29. The third-order valence-corrected chi connectivity index (χ3v) is 5.76. The smallest absolute Gasteiger partial charge is 0.337 e. The standard InChI is InChI=1S/C15H13Cl2NO4S/c1-2-18(13-6-4-3-5-11(13)15(19)20)23(21,22)14-9-10(16)7-8-12(14)17/h3-9H,2H2,1H3,(H,19,20). The largest absolute Gasteiger partial charge is 0.478 e. The van der Waals surface area contributed by atoms with Crippen LogP contribution in [-0.2, 0) is 10.0 Å². The van der Waals surface area contributed by atoms with Gasteiger partial charge in [0.2, 0.25) is 0 Å². The van der Waals surface area contributed by atoms with E-state index in [1.165, 1.54) is 36.4 Å². The van der Waals surface area contributed by atoms with Crippen LogP contribution in [0.2, 0.25) is 10.0 Å². The third kappa shape index (κ3) is 3.44. The van der Waals surface area contributed by atoms with Gasteiger partial charge in [0.15, 0.2) is 0 Å². The maximum atomic E-state index is 12.9. The first-order valence-electron chi connectivity index (χ1n) is 6.59. The lowest BCUT2D eigenvalue weighted by molar-refractivity contribution is 0.0698. The number of carboxylic acid groups (broad SMARTS) is 1. The van der Waals surface area contributed by atoms with Crippen LogP contribution in [-0.4, -0.2) is 26.0 Å². The minimum Gasteiger partial charge on any atom is -0.478 e. The van der Waals surface area contributed by atoms with Crippen LogP contribution in [0.15, 0.2) is 47.4 Å². The first kappa shape index (κ1) is 17.6. The van der Waals surface area contributed by atoms with E-state index >= 15 is 0 Å². The van der Waals surface area contributed by atoms with Crippen molar-refractivity contribution < 1.29 is 18.3 Å². The number of anilines is 1. The topological polar surface area (TPSA) is 74.7 Å². The molecule has 0 unspecified atom stereocenters. The summed E-state index contributed by atoms with van der Waals surface area (Å²) in [6, 6.07) is 9.97. The second-order valence-corrected chi connectivity index (χ2v) is 7.24. The molecular weight excluding hydrogens is 361 g/mol. The molecule has 0 radical (unpaired) electrons. The van der Waals surface area contributed by atoms with Crippen LogP contribution in [0.3, 0.4) is 0 Å². The zero-order valence-electron chi connectivity index (χ0n) is 12.0. The van der Waals surface area contributed by atoms with E-state index in [4.69, 9.17) is 23.2 Å². The zero-order valence-corrected chi connectivity index (χ0v) is 14.4. The Morgan fingerprint density at radius 3 is 2.43 bits per heavy atom. The molecule has 0 amide bonds. The van der Waals surface area contributed by atoms with E-state index in [2.05, 4.69) is 0 Å². The van der Waals surface area contributed by atoms with Crippen molar-refractivity contribution in [3.05, 3.63) is 58.1 Å². The number of para-hydroxylation sites is 1. The molecule has 0 atom stereocenters. The van der Waals surface area contributed by atoms with Crippen molar-refractivity contribution in [2.75, 3.05) is 10.8 Å². The second kappa shape index (κ2) is 6.78. The van der Waals surface area contributed by atoms with Gasteiger partial charge in [-0.3, -0.25) is 4.31 Å². The lowest BCUT2D eigenvalue weighted by Crippen LogP contribution is -2.32. The van der Waals surface area contributed by atoms with Gasteiger partial charge in [-0.05, 0) is 37.3 Å². The third-order valence-electron chi connectivity index (χ3n) is 3.15. The molecular formula is C15H13Cl2NO4S. The van der Waals surface area contributed by atoms with Gasteiger partial charge in [-0.1, -0.05) is 35.3 Å². The number of benzene rings is 2. The number of carbonyl (C=O) groups is 1. The van der Waals surface area contributed by atoms with E-state index in [9.17, 15) is 18.3 Å². The summed E-state index contributed by atoms with van der Waals surface area (Å²) >= 11 is 11.9. The van der Waals surface area contributed by atoms with Crippen molar-refractivity contribution >= 4 is 44.9 Å². The number of sulfonamides is 1. The summed E-state index contributed by atoms with van der Waals surface area (Å²) in [5, 5.41) is 9.51. The average Bonchev–Trinajstić information content (AvgIpc) is 2.50. The molecule has 0 aliphatic rings. The predicted octanol–water partition coefficient (Wildman–Crippen LogP) is 3.91. The van der Waals surface area contributed by atoms with Crippen molar-refractivity contribution in [1.29, 1.82) is 0 Å². The summed E-state index contributed by atoms with van der Waals surface area (Å²) < 4.78 is 26.8. The van der Waals surface area contributed by atoms with E-state index < -0.39 is 16.0 Å². The van der Waals surface area contributed by atoms with Gasteiger partial charge >= 0.3 is 5.97 Å². The molecule has 0 aliphatic carbocycles. The van der Waals surface area contributed by atoms with Crippen LogP contribution >= 0.6 is 23.2 Å². The predicted molar refractivity (Wildman–Crippen MR) is 90.1 cm³/mol. The van der Waals surface area contributed by atoms with Gasteiger partial charge in [0.05, 0.1) is 16.3 Å². The lowest BCUT2D eigenvalue weighted by Gasteiger charge is -2.24. The van der Waals surface area contributed by atoms with Crippen molar-refractivity contribution in [3.8, 4) is 0 Å². The molecule has 0 heterocycles. The molecule has 2 rings (SSSR count).